The van der Waals surface area contributed by atoms with E-state index < -0.39 is 0 Å². The fourth-order valence-corrected chi connectivity index (χ4v) is 2.66. The third-order valence-electron chi connectivity index (χ3n) is 3.58. The monoisotopic (exact) mass is 339 g/mol. The topological polar surface area (TPSA) is 62.7 Å². The highest BCUT2D eigenvalue weighted by Crippen LogP contribution is 2.22. The van der Waals surface area contributed by atoms with Crippen molar-refractivity contribution in [2.24, 2.45) is 5.10 Å². The molecule has 0 saturated carbocycles. The summed E-state index contributed by atoms with van der Waals surface area (Å²) in [7, 11) is 0. The minimum absolute atomic E-state index is 0.0801. The van der Waals surface area contributed by atoms with Crippen LogP contribution in [-0.4, -0.2) is 23.2 Å². The van der Waals surface area contributed by atoms with E-state index in [9.17, 15) is 4.79 Å². The summed E-state index contributed by atoms with van der Waals surface area (Å²) < 4.78 is 5.39. The van der Waals surface area contributed by atoms with Gasteiger partial charge in [0.15, 0.2) is 10.9 Å². The molecule has 0 fully saturated rings. The number of Topliss-reactive ketones (excluding diaryl/α,β-unsaturated/α-hetero) is 1. The lowest BCUT2D eigenvalue weighted by atomic mass is 10.1. The first-order chi connectivity index (χ1) is 11.7. The van der Waals surface area contributed by atoms with E-state index in [1.165, 1.54) is 0 Å². The van der Waals surface area contributed by atoms with Crippen molar-refractivity contribution >= 4 is 34.5 Å². The van der Waals surface area contributed by atoms with Crippen LogP contribution in [0.2, 0.25) is 0 Å². The number of thiocarbonyl (C=S) groups is 1. The number of carbonyl (C=O) groups excluding carboxylic acids is 1. The van der Waals surface area contributed by atoms with Crippen molar-refractivity contribution in [1.82, 2.24) is 5.43 Å². The molecule has 0 amide bonds. The second kappa shape index (κ2) is 7.23. The van der Waals surface area contributed by atoms with Gasteiger partial charge < -0.3 is 10.1 Å². The summed E-state index contributed by atoms with van der Waals surface area (Å²) in [6.07, 6.45) is 0.290. The number of hydrogen-bond acceptors (Lipinski definition) is 4. The average Bonchev–Trinajstić information content (AvgIpc) is 2.92. The van der Waals surface area contributed by atoms with Crippen LogP contribution in [0.4, 0.5) is 5.69 Å². The zero-order chi connectivity index (χ0) is 16.9. The van der Waals surface area contributed by atoms with Crippen molar-refractivity contribution < 1.29 is 9.53 Å². The molecule has 0 bridgehead atoms. The van der Waals surface area contributed by atoms with Gasteiger partial charge in [-0.15, -0.1) is 0 Å². The molecule has 6 heteroatoms. The number of nitrogens with zero attached hydrogens (tertiary/aromatic N) is 1. The lowest BCUT2D eigenvalue weighted by Crippen LogP contribution is -2.25. The summed E-state index contributed by atoms with van der Waals surface area (Å²) in [5.41, 5.74) is 5.90. The molecule has 0 unspecified atom stereocenters. The van der Waals surface area contributed by atoms with E-state index in [4.69, 9.17) is 17.0 Å². The third-order valence-corrected chi connectivity index (χ3v) is 3.78. The lowest BCUT2D eigenvalue weighted by Gasteiger charge is -2.09. The molecule has 2 aromatic carbocycles. The van der Waals surface area contributed by atoms with Gasteiger partial charge >= 0.3 is 0 Å². The van der Waals surface area contributed by atoms with Gasteiger partial charge in [-0.3, -0.25) is 10.2 Å². The molecule has 0 radical (unpaired) electrons. The molecule has 2 N–H and O–H groups in total. The van der Waals surface area contributed by atoms with Gasteiger partial charge in [-0.25, -0.2) is 0 Å². The smallest absolute Gasteiger partial charge is 0.191 e. The average molecular weight is 339 g/mol. The maximum absolute atomic E-state index is 11.9. The van der Waals surface area contributed by atoms with Crippen LogP contribution in [0, 0.1) is 0 Å². The second-order valence-corrected chi connectivity index (χ2v) is 5.64. The van der Waals surface area contributed by atoms with E-state index in [0.717, 1.165) is 17.0 Å². The fourth-order valence-electron chi connectivity index (χ4n) is 2.50. The summed E-state index contributed by atoms with van der Waals surface area (Å²) in [6, 6.07) is 14.9. The second-order valence-electron chi connectivity index (χ2n) is 5.23. The zero-order valence-corrected chi connectivity index (χ0v) is 14.0. The molecular formula is C18H17N3O2S. The van der Waals surface area contributed by atoms with Crippen molar-refractivity contribution in [3.8, 4) is 5.75 Å². The van der Waals surface area contributed by atoms with Crippen LogP contribution >= 0.6 is 12.2 Å². The van der Waals surface area contributed by atoms with Crippen LogP contribution in [0.1, 0.15) is 29.3 Å². The molecular weight excluding hydrogens is 322 g/mol. The van der Waals surface area contributed by atoms with Gasteiger partial charge in [0, 0.05) is 16.8 Å². The molecule has 24 heavy (non-hydrogen) atoms. The van der Waals surface area contributed by atoms with E-state index >= 15 is 0 Å². The quantitative estimate of drug-likeness (QED) is 0.661. The normalized spacial score (nSPS) is 14.4. The molecule has 5 nitrogen and oxygen atoms in total. The van der Waals surface area contributed by atoms with E-state index in [2.05, 4.69) is 15.8 Å². The van der Waals surface area contributed by atoms with Crippen molar-refractivity contribution in [2.45, 2.75) is 13.3 Å². The highest BCUT2D eigenvalue weighted by atomic mass is 32.1. The third kappa shape index (κ3) is 3.60. The molecule has 0 atom stereocenters. The first-order valence-electron chi connectivity index (χ1n) is 7.66. The van der Waals surface area contributed by atoms with Gasteiger partial charge in [-0.05, 0) is 43.4 Å². The van der Waals surface area contributed by atoms with Crippen LogP contribution in [0.25, 0.3) is 0 Å². The number of anilines is 1. The Bertz CT molecular complexity index is 800. The molecule has 0 saturated heterocycles. The van der Waals surface area contributed by atoms with Crippen molar-refractivity contribution in [3.63, 3.8) is 0 Å². The van der Waals surface area contributed by atoms with Gasteiger partial charge in [0.25, 0.3) is 0 Å². The Labute approximate surface area is 145 Å². The Morgan fingerprint density at radius 3 is 2.58 bits per heavy atom. The number of rotatable bonds is 4. The summed E-state index contributed by atoms with van der Waals surface area (Å²) in [5.74, 6) is 0.889. The molecule has 0 spiro atoms. The predicted molar refractivity (Wildman–Crippen MR) is 98.9 cm³/mol. The molecule has 1 aliphatic carbocycles. The predicted octanol–water partition coefficient (Wildman–Crippen LogP) is 3.36. The Kier molecular flexibility index (Phi) is 4.86. The lowest BCUT2D eigenvalue weighted by molar-refractivity contribution is 0.101. The van der Waals surface area contributed by atoms with E-state index in [0.29, 0.717) is 23.0 Å². The summed E-state index contributed by atoms with van der Waals surface area (Å²) >= 11 is 5.24. The number of ketones is 1. The maximum atomic E-state index is 11.9. The van der Waals surface area contributed by atoms with Crippen molar-refractivity contribution in [3.05, 3.63) is 59.7 Å². The number of fused-ring (bicyclic) bond motifs is 1. The molecule has 0 aliphatic heterocycles. The standard InChI is InChI=1S/C18H17N3O2S/c1-2-23-13-9-7-12(8-10-13)19-18(24)21-20-16-11-17(22)15-6-4-3-5-14(15)16/h3-10H,2,11H2,1H3,(H2,19,21,24). The Balaban J connectivity index is 1.63. The van der Waals surface area contributed by atoms with E-state index in [1.54, 1.807) is 0 Å². The maximum Gasteiger partial charge on any atom is 0.191 e. The number of carbonyl (C=O) groups is 1. The number of hydrogen-bond donors (Lipinski definition) is 2. The number of hydrazone groups is 1. The fraction of sp³-hybridized carbons (Fsp3) is 0.167. The van der Waals surface area contributed by atoms with Gasteiger partial charge in [0.05, 0.1) is 18.7 Å². The van der Waals surface area contributed by atoms with Crippen molar-refractivity contribution in [2.75, 3.05) is 11.9 Å². The first kappa shape index (κ1) is 16.1. The van der Waals surface area contributed by atoms with Crippen LogP contribution < -0.4 is 15.5 Å². The minimum Gasteiger partial charge on any atom is -0.494 e. The largest absolute Gasteiger partial charge is 0.494 e. The van der Waals surface area contributed by atoms with Gasteiger partial charge in [-0.2, -0.15) is 5.10 Å². The highest BCUT2D eigenvalue weighted by Gasteiger charge is 2.24. The van der Waals surface area contributed by atoms with Gasteiger partial charge in [-0.1, -0.05) is 24.3 Å². The van der Waals surface area contributed by atoms with Gasteiger partial charge in [0.2, 0.25) is 0 Å². The summed E-state index contributed by atoms with van der Waals surface area (Å²) in [6.45, 7) is 2.57. The van der Waals surface area contributed by atoms with Crippen molar-refractivity contribution in [1.29, 1.82) is 0 Å². The summed E-state index contributed by atoms with van der Waals surface area (Å²) in [5, 5.41) is 7.68. The summed E-state index contributed by atoms with van der Waals surface area (Å²) in [4.78, 5) is 11.9. The van der Waals surface area contributed by atoms with Gasteiger partial charge in [0.1, 0.15) is 5.75 Å². The SMILES string of the molecule is CCOc1ccc(NC(=S)NN=C2CC(=O)c3ccccc32)cc1. The molecule has 0 heterocycles. The Morgan fingerprint density at radius 2 is 1.88 bits per heavy atom. The van der Waals surface area contributed by atoms with E-state index in [-0.39, 0.29) is 12.2 Å². The first-order valence-corrected chi connectivity index (χ1v) is 8.07. The van der Waals surface area contributed by atoms with Crippen LogP contribution in [-0.2, 0) is 0 Å². The van der Waals surface area contributed by atoms with Crippen LogP contribution in [0.5, 0.6) is 5.75 Å². The number of nitrogens with one attached hydrogen (secondary N) is 2. The Hall–Kier alpha value is -2.73. The van der Waals surface area contributed by atoms with Crippen LogP contribution in [0.15, 0.2) is 53.6 Å². The minimum atomic E-state index is 0.0801. The molecule has 2 aromatic rings. The van der Waals surface area contributed by atoms with E-state index in [1.807, 2.05) is 55.5 Å². The Morgan fingerprint density at radius 1 is 1.17 bits per heavy atom. The molecule has 0 aromatic heterocycles. The number of benzene rings is 2. The number of ether oxygens (including phenoxy) is 1. The molecule has 1 aliphatic rings. The molecule has 122 valence electrons. The highest BCUT2D eigenvalue weighted by molar-refractivity contribution is 7.80. The molecule has 3 rings (SSSR count). The van der Waals surface area contributed by atoms with Crippen LogP contribution in [0.3, 0.4) is 0 Å². The zero-order valence-electron chi connectivity index (χ0n) is 13.2.